The molecule has 0 bridgehead atoms. The lowest BCUT2D eigenvalue weighted by atomic mass is 10.3. The molecule has 0 aliphatic rings. The number of aromatic nitrogens is 3. The molecule has 3 rings (SSSR count). The molecule has 0 aliphatic heterocycles. The lowest BCUT2D eigenvalue weighted by Crippen LogP contribution is -1.99. The van der Waals surface area contributed by atoms with Crippen LogP contribution >= 0.6 is 11.3 Å². The van der Waals surface area contributed by atoms with Crippen molar-refractivity contribution in [2.45, 2.75) is 13.8 Å². The quantitative estimate of drug-likeness (QED) is 0.727. The number of hydrogen-bond acceptors (Lipinski definition) is 6. The summed E-state index contributed by atoms with van der Waals surface area (Å²) >= 11 is 1.58. The summed E-state index contributed by atoms with van der Waals surface area (Å²) in [6.07, 6.45) is 5.09. The third-order valence-electron chi connectivity index (χ3n) is 3.05. The Labute approximate surface area is 137 Å². The van der Waals surface area contributed by atoms with Crippen molar-refractivity contribution >= 4 is 23.6 Å². The minimum Gasteiger partial charge on any atom is -0.455 e. The molecule has 3 aromatic heterocycles. The van der Waals surface area contributed by atoms with Gasteiger partial charge in [0.2, 0.25) is 0 Å². The first-order valence-corrected chi connectivity index (χ1v) is 7.65. The standard InChI is InChI=1S/C16H13N4O2S/c1-10-14(3-4-16(20-10)19-9-21)22-12-5-6-17-13(7-12)15-8-18-11(2)23-15/h3-8H,1-2H3,(H,19,20,21). The highest BCUT2D eigenvalue weighted by Gasteiger charge is 2.08. The van der Waals surface area contributed by atoms with Gasteiger partial charge in [0.1, 0.15) is 17.3 Å². The number of nitrogens with zero attached hydrogens (tertiary/aromatic N) is 3. The van der Waals surface area contributed by atoms with Crippen LogP contribution in [0.25, 0.3) is 10.6 Å². The van der Waals surface area contributed by atoms with Gasteiger partial charge < -0.3 is 10.1 Å². The van der Waals surface area contributed by atoms with E-state index in [1.54, 1.807) is 55.3 Å². The lowest BCUT2D eigenvalue weighted by Gasteiger charge is -2.09. The average Bonchev–Trinajstić information content (AvgIpc) is 2.97. The van der Waals surface area contributed by atoms with Crippen LogP contribution < -0.4 is 10.1 Å². The fourth-order valence-corrected chi connectivity index (χ4v) is 2.74. The molecule has 115 valence electrons. The van der Waals surface area contributed by atoms with E-state index >= 15 is 0 Å². The minimum atomic E-state index is 0.431. The molecule has 0 saturated carbocycles. The van der Waals surface area contributed by atoms with Gasteiger partial charge in [0, 0.05) is 18.5 Å². The molecule has 0 spiro atoms. The van der Waals surface area contributed by atoms with Crippen LogP contribution in [0.5, 0.6) is 11.5 Å². The highest BCUT2D eigenvalue weighted by Crippen LogP contribution is 2.30. The van der Waals surface area contributed by atoms with Gasteiger partial charge in [-0.3, -0.25) is 9.78 Å². The third-order valence-corrected chi connectivity index (χ3v) is 3.98. The van der Waals surface area contributed by atoms with Crippen molar-refractivity contribution in [1.82, 2.24) is 15.0 Å². The Hall–Kier alpha value is -2.80. The SMILES string of the molecule is Cc1ncc(-c2cc(Oc3ccc(N[C]=O)nc3C)ccn2)s1. The molecule has 0 fully saturated rings. The summed E-state index contributed by atoms with van der Waals surface area (Å²) < 4.78 is 5.87. The Morgan fingerprint density at radius 1 is 1.22 bits per heavy atom. The van der Waals surface area contributed by atoms with E-state index in [1.165, 1.54) is 0 Å². The normalized spacial score (nSPS) is 10.3. The van der Waals surface area contributed by atoms with Gasteiger partial charge in [0.05, 0.1) is 21.3 Å². The first-order valence-electron chi connectivity index (χ1n) is 6.83. The van der Waals surface area contributed by atoms with Crippen molar-refractivity contribution in [2.24, 2.45) is 0 Å². The van der Waals surface area contributed by atoms with Crippen molar-refractivity contribution in [3.05, 3.63) is 47.4 Å². The maximum atomic E-state index is 10.3. The van der Waals surface area contributed by atoms with Gasteiger partial charge in [-0.25, -0.2) is 9.97 Å². The molecule has 3 heterocycles. The zero-order valence-electron chi connectivity index (χ0n) is 12.5. The van der Waals surface area contributed by atoms with Crippen molar-refractivity contribution < 1.29 is 9.53 Å². The average molecular weight is 325 g/mol. The summed E-state index contributed by atoms with van der Waals surface area (Å²) in [5.74, 6) is 1.70. The zero-order valence-corrected chi connectivity index (χ0v) is 13.3. The Bertz CT molecular complexity index is 848. The summed E-state index contributed by atoms with van der Waals surface area (Å²) in [6.45, 7) is 3.76. The van der Waals surface area contributed by atoms with Gasteiger partial charge in [0.15, 0.2) is 0 Å². The van der Waals surface area contributed by atoms with E-state index in [4.69, 9.17) is 4.74 Å². The first kappa shape index (κ1) is 15.1. The Kier molecular flexibility index (Phi) is 4.29. The summed E-state index contributed by atoms with van der Waals surface area (Å²) in [7, 11) is 0. The molecule has 1 N–H and O–H groups in total. The summed E-state index contributed by atoms with van der Waals surface area (Å²) in [6, 6.07) is 7.04. The monoisotopic (exact) mass is 325 g/mol. The van der Waals surface area contributed by atoms with E-state index in [0.717, 1.165) is 15.6 Å². The highest BCUT2D eigenvalue weighted by molar-refractivity contribution is 7.15. The second kappa shape index (κ2) is 6.53. The topological polar surface area (TPSA) is 77.0 Å². The number of ether oxygens (including phenoxy) is 1. The molecule has 0 aliphatic carbocycles. The van der Waals surface area contributed by atoms with Crippen LogP contribution in [-0.2, 0) is 4.79 Å². The highest BCUT2D eigenvalue weighted by atomic mass is 32.1. The molecule has 0 saturated heterocycles. The number of aryl methyl sites for hydroxylation is 2. The Balaban J connectivity index is 1.84. The van der Waals surface area contributed by atoms with Crippen molar-refractivity contribution in [1.29, 1.82) is 0 Å². The van der Waals surface area contributed by atoms with Gasteiger partial charge >= 0.3 is 6.41 Å². The van der Waals surface area contributed by atoms with Gasteiger partial charge in [-0.05, 0) is 32.0 Å². The second-order valence-electron chi connectivity index (χ2n) is 4.73. The maximum Gasteiger partial charge on any atom is 0.315 e. The van der Waals surface area contributed by atoms with Crippen LogP contribution in [0.2, 0.25) is 0 Å². The lowest BCUT2D eigenvalue weighted by molar-refractivity contribution is 0.475. The first-order chi connectivity index (χ1) is 11.2. The summed E-state index contributed by atoms with van der Waals surface area (Å²) in [5, 5.41) is 3.37. The third kappa shape index (κ3) is 3.51. The van der Waals surface area contributed by atoms with Crippen molar-refractivity contribution in [3.8, 4) is 22.1 Å². The van der Waals surface area contributed by atoms with Gasteiger partial charge in [0.25, 0.3) is 0 Å². The van der Waals surface area contributed by atoms with E-state index in [-0.39, 0.29) is 0 Å². The predicted octanol–water partition coefficient (Wildman–Crippen LogP) is 3.49. The number of thiazole rings is 1. The molecule has 1 radical (unpaired) electrons. The fourth-order valence-electron chi connectivity index (χ4n) is 1.99. The number of hydrogen-bond donors (Lipinski definition) is 1. The molecule has 0 unspecified atom stereocenters. The van der Waals surface area contributed by atoms with E-state index in [2.05, 4.69) is 20.3 Å². The van der Waals surface area contributed by atoms with Crippen molar-refractivity contribution in [3.63, 3.8) is 0 Å². The molecule has 0 aromatic carbocycles. The van der Waals surface area contributed by atoms with Crippen LogP contribution in [0.1, 0.15) is 10.7 Å². The van der Waals surface area contributed by atoms with Gasteiger partial charge in [-0.1, -0.05) is 0 Å². The van der Waals surface area contributed by atoms with Crippen molar-refractivity contribution in [2.75, 3.05) is 5.32 Å². The second-order valence-corrected chi connectivity index (χ2v) is 5.96. The smallest absolute Gasteiger partial charge is 0.315 e. The molecular formula is C16H13N4O2S. The van der Waals surface area contributed by atoms with E-state index in [0.29, 0.717) is 23.0 Å². The van der Waals surface area contributed by atoms with Crippen LogP contribution in [0, 0.1) is 13.8 Å². The number of nitrogens with one attached hydrogen (secondary N) is 1. The number of amides is 1. The number of rotatable bonds is 5. The molecule has 3 aromatic rings. The van der Waals surface area contributed by atoms with Crippen LogP contribution in [-0.4, -0.2) is 21.4 Å². The molecule has 0 atom stereocenters. The number of anilines is 1. The summed E-state index contributed by atoms with van der Waals surface area (Å²) in [5.41, 5.74) is 1.48. The molecule has 1 amide bonds. The van der Waals surface area contributed by atoms with E-state index < -0.39 is 0 Å². The molecule has 7 heteroatoms. The largest absolute Gasteiger partial charge is 0.455 e. The Morgan fingerprint density at radius 3 is 2.78 bits per heavy atom. The number of carbonyl (C=O) groups excluding carboxylic acids is 1. The van der Waals surface area contributed by atoms with E-state index in [1.807, 2.05) is 13.0 Å². The molecular weight excluding hydrogens is 312 g/mol. The van der Waals surface area contributed by atoms with Gasteiger partial charge in [-0.15, -0.1) is 11.3 Å². The minimum absolute atomic E-state index is 0.431. The Morgan fingerprint density at radius 2 is 2.09 bits per heavy atom. The molecule has 23 heavy (non-hydrogen) atoms. The summed E-state index contributed by atoms with van der Waals surface area (Å²) in [4.78, 5) is 24.1. The number of pyridine rings is 2. The van der Waals surface area contributed by atoms with Crippen LogP contribution in [0.4, 0.5) is 5.82 Å². The molecule has 6 nitrogen and oxygen atoms in total. The zero-order chi connectivity index (χ0) is 16.2. The predicted molar refractivity (Wildman–Crippen MR) is 88.4 cm³/mol. The fraction of sp³-hybridized carbons (Fsp3) is 0.125. The maximum absolute atomic E-state index is 10.3. The van der Waals surface area contributed by atoms with Crippen LogP contribution in [0.3, 0.4) is 0 Å². The van der Waals surface area contributed by atoms with Crippen LogP contribution in [0.15, 0.2) is 36.7 Å². The van der Waals surface area contributed by atoms with E-state index in [9.17, 15) is 4.79 Å². The van der Waals surface area contributed by atoms with Gasteiger partial charge in [-0.2, -0.15) is 0 Å².